The van der Waals surface area contributed by atoms with Crippen LogP contribution in [0.2, 0.25) is 0 Å². The zero-order valence-corrected chi connectivity index (χ0v) is 10.3. The van der Waals surface area contributed by atoms with Gasteiger partial charge in [-0.15, -0.1) is 0 Å². The molecule has 2 rings (SSSR count). The van der Waals surface area contributed by atoms with Gasteiger partial charge in [-0.25, -0.2) is 0 Å². The van der Waals surface area contributed by atoms with Gasteiger partial charge in [0.15, 0.2) is 0 Å². The number of ether oxygens (including phenoxy) is 1. The summed E-state index contributed by atoms with van der Waals surface area (Å²) in [5.74, 6) is 0.0213. The first-order chi connectivity index (χ1) is 9.36. The molecule has 0 saturated heterocycles. The van der Waals surface area contributed by atoms with Crippen molar-refractivity contribution in [2.75, 3.05) is 5.73 Å². The van der Waals surface area contributed by atoms with Crippen LogP contribution in [0.5, 0.6) is 11.5 Å². The molecular formula is C14H12F3NO2. The Labute approximate surface area is 113 Å². The molecule has 6 heteroatoms. The van der Waals surface area contributed by atoms with Crippen molar-refractivity contribution in [3.63, 3.8) is 0 Å². The summed E-state index contributed by atoms with van der Waals surface area (Å²) in [6.45, 7) is -0.0482. The first-order valence-electron chi connectivity index (χ1n) is 5.73. The molecule has 0 heterocycles. The van der Waals surface area contributed by atoms with E-state index in [0.29, 0.717) is 11.3 Å². The molecule has 0 aromatic heterocycles. The second-order valence-corrected chi connectivity index (χ2v) is 4.20. The molecule has 2 aromatic carbocycles. The highest BCUT2D eigenvalue weighted by molar-refractivity contribution is 5.47. The van der Waals surface area contributed by atoms with Gasteiger partial charge in [-0.3, -0.25) is 0 Å². The number of hydrogen-bond acceptors (Lipinski definition) is 3. The Morgan fingerprint density at radius 2 is 1.85 bits per heavy atom. The molecule has 0 spiro atoms. The van der Waals surface area contributed by atoms with Gasteiger partial charge < -0.3 is 15.6 Å². The van der Waals surface area contributed by atoms with Crippen LogP contribution in [0.15, 0.2) is 42.5 Å². The van der Waals surface area contributed by atoms with Crippen molar-refractivity contribution >= 4 is 5.69 Å². The molecule has 20 heavy (non-hydrogen) atoms. The highest BCUT2D eigenvalue weighted by Crippen LogP contribution is 2.31. The van der Waals surface area contributed by atoms with E-state index in [1.807, 2.05) is 0 Å². The van der Waals surface area contributed by atoms with Crippen LogP contribution in [0.4, 0.5) is 18.9 Å². The summed E-state index contributed by atoms with van der Waals surface area (Å²) in [5.41, 5.74) is 5.53. The van der Waals surface area contributed by atoms with E-state index in [0.717, 1.165) is 12.1 Å². The summed E-state index contributed by atoms with van der Waals surface area (Å²) >= 11 is 0. The van der Waals surface area contributed by atoms with Gasteiger partial charge in [-0.05, 0) is 30.3 Å². The quantitative estimate of drug-likeness (QED) is 0.847. The van der Waals surface area contributed by atoms with Gasteiger partial charge in [0, 0.05) is 17.3 Å². The fourth-order valence-electron chi connectivity index (χ4n) is 1.63. The molecule has 0 aliphatic rings. The van der Waals surface area contributed by atoms with Crippen molar-refractivity contribution in [2.45, 2.75) is 12.8 Å². The average Bonchev–Trinajstić information content (AvgIpc) is 2.37. The third-order valence-corrected chi connectivity index (χ3v) is 2.67. The molecule has 0 radical (unpaired) electrons. The van der Waals surface area contributed by atoms with Crippen molar-refractivity contribution in [3.8, 4) is 11.5 Å². The minimum atomic E-state index is -4.41. The Kier molecular flexibility index (Phi) is 3.74. The smallest absolute Gasteiger partial charge is 0.416 e. The highest BCUT2D eigenvalue weighted by atomic mass is 19.4. The van der Waals surface area contributed by atoms with Crippen molar-refractivity contribution in [2.24, 2.45) is 0 Å². The van der Waals surface area contributed by atoms with Crippen LogP contribution < -0.4 is 10.5 Å². The zero-order valence-electron chi connectivity index (χ0n) is 10.3. The first-order valence-corrected chi connectivity index (χ1v) is 5.73. The van der Waals surface area contributed by atoms with Gasteiger partial charge in [-0.2, -0.15) is 13.2 Å². The molecule has 0 saturated carbocycles. The van der Waals surface area contributed by atoms with E-state index >= 15 is 0 Å². The van der Waals surface area contributed by atoms with E-state index in [-0.39, 0.29) is 18.1 Å². The predicted molar refractivity (Wildman–Crippen MR) is 68.3 cm³/mol. The first kappa shape index (κ1) is 14.0. The molecule has 3 N–H and O–H groups in total. The molecule has 0 aliphatic carbocycles. The summed E-state index contributed by atoms with van der Waals surface area (Å²) in [7, 11) is 0. The molecule has 0 atom stereocenters. The molecule has 0 unspecified atom stereocenters. The number of halogens is 3. The predicted octanol–water partition coefficient (Wildman–Crippen LogP) is 3.57. The standard InChI is InChI=1S/C14H12F3NO2/c15-14(16,17)10-2-1-3-12(6-10)20-8-9-4-5-11(18)7-13(9)19/h1-7,19H,8,18H2. The lowest BCUT2D eigenvalue weighted by Crippen LogP contribution is -2.05. The van der Waals surface area contributed by atoms with Crippen molar-refractivity contribution in [1.82, 2.24) is 0 Å². The van der Waals surface area contributed by atoms with Gasteiger partial charge in [0.1, 0.15) is 18.1 Å². The summed E-state index contributed by atoms with van der Waals surface area (Å²) < 4.78 is 42.8. The Morgan fingerprint density at radius 1 is 1.10 bits per heavy atom. The van der Waals surface area contributed by atoms with E-state index in [1.165, 1.54) is 18.2 Å². The lowest BCUT2D eigenvalue weighted by molar-refractivity contribution is -0.137. The zero-order chi connectivity index (χ0) is 14.8. The molecular weight excluding hydrogens is 271 g/mol. The molecule has 106 valence electrons. The van der Waals surface area contributed by atoms with Gasteiger partial charge in [-0.1, -0.05) is 6.07 Å². The summed E-state index contributed by atoms with van der Waals surface area (Å²) in [4.78, 5) is 0. The Balaban J connectivity index is 2.11. The third kappa shape index (κ3) is 3.34. The van der Waals surface area contributed by atoms with Crippen LogP contribution in [-0.2, 0) is 12.8 Å². The number of phenolic OH excluding ortho intramolecular Hbond substituents is 1. The second kappa shape index (κ2) is 5.32. The van der Waals surface area contributed by atoms with E-state index in [1.54, 1.807) is 12.1 Å². The van der Waals surface area contributed by atoms with Gasteiger partial charge in [0.05, 0.1) is 5.56 Å². The van der Waals surface area contributed by atoms with Crippen molar-refractivity contribution in [3.05, 3.63) is 53.6 Å². The number of aromatic hydroxyl groups is 1. The maximum atomic E-state index is 12.5. The van der Waals surface area contributed by atoms with Gasteiger partial charge >= 0.3 is 6.18 Å². The number of nitrogens with two attached hydrogens (primary N) is 1. The molecule has 0 bridgehead atoms. The number of hydrogen-bond donors (Lipinski definition) is 2. The second-order valence-electron chi connectivity index (χ2n) is 4.20. The van der Waals surface area contributed by atoms with E-state index in [9.17, 15) is 18.3 Å². The van der Waals surface area contributed by atoms with Crippen LogP contribution in [0.25, 0.3) is 0 Å². The maximum Gasteiger partial charge on any atom is 0.416 e. The minimum Gasteiger partial charge on any atom is -0.507 e. The number of alkyl halides is 3. The normalized spacial score (nSPS) is 11.3. The largest absolute Gasteiger partial charge is 0.507 e. The molecule has 2 aromatic rings. The lowest BCUT2D eigenvalue weighted by atomic mass is 10.2. The maximum absolute atomic E-state index is 12.5. The van der Waals surface area contributed by atoms with Crippen molar-refractivity contribution < 1.29 is 23.0 Å². The van der Waals surface area contributed by atoms with Crippen LogP contribution >= 0.6 is 0 Å². The van der Waals surface area contributed by atoms with E-state index in [4.69, 9.17) is 10.5 Å². The summed E-state index contributed by atoms with van der Waals surface area (Å²) in [5, 5.41) is 9.61. The fourth-order valence-corrected chi connectivity index (χ4v) is 1.63. The minimum absolute atomic E-state index is 0.0482. The summed E-state index contributed by atoms with van der Waals surface area (Å²) in [6, 6.07) is 9.04. The van der Waals surface area contributed by atoms with Crippen molar-refractivity contribution in [1.29, 1.82) is 0 Å². The summed E-state index contributed by atoms with van der Waals surface area (Å²) in [6.07, 6.45) is -4.41. The van der Waals surface area contributed by atoms with Gasteiger partial charge in [0.2, 0.25) is 0 Å². The number of anilines is 1. The van der Waals surface area contributed by atoms with E-state index in [2.05, 4.69) is 0 Å². The highest BCUT2D eigenvalue weighted by Gasteiger charge is 2.30. The Bertz CT molecular complexity index is 612. The topological polar surface area (TPSA) is 55.5 Å². The monoisotopic (exact) mass is 283 g/mol. The molecule has 0 fully saturated rings. The van der Waals surface area contributed by atoms with Crippen LogP contribution in [0.3, 0.4) is 0 Å². The van der Waals surface area contributed by atoms with Crippen LogP contribution in [0.1, 0.15) is 11.1 Å². The lowest BCUT2D eigenvalue weighted by Gasteiger charge is -2.11. The Morgan fingerprint density at radius 3 is 2.50 bits per heavy atom. The van der Waals surface area contributed by atoms with Crippen LogP contribution in [0, 0.1) is 0 Å². The number of rotatable bonds is 3. The Hall–Kier alpha value is -2.37. The molecule has 0 aliphatic heterocycles. The number of phenols is 1. The SMILES string of the molecule is Nc1ccc(COc2cccc(C(F)(F)F)c2)c(O)c1. The van der Waals surface area contributed by atoms with Crippen LogP contribution in [-0.4, -0.2) is 5.11 Å². The average molecular weight is 283 g/mol. The number of nitrogen functional groups attached to an aromatic ring is 1. The number of benzene rings is 2. The third-order valence-electron chi connectivity index (χ3n) is 2.67. The molecule has 3 nitrogen and oxygen atoms in total. The van der Waals surface area contributed by atoms with E-state index < -0.39 is 11.7 Å². The van der Waals surface area contributed by atoms with Gasteiger partial charge in [0.25, 0.3) is 0 Å². The molecule has 0 amide bonds. The fraction of sp³-hybridized carbons (Fsp3) is 0.143.